The molecule has 0 bridgehead atoms. The van der Waals surface area contributed by atoms with Crippen molar-refractivity contribution in [2.45, 2.75) is 0 Å². The molecule has 20 heavy (non-hydrogen) atoms. The van der Waals surface area contributed by atoms with Crippen molar-refractivity contribution in [1.82, 2.24) is 0 Å². The molecule has 2 aromatic carbocycles. The summed E-state index contributed by atoms with van der Waals surface area (Å²) in [4.78, 5) is 4.42. The van der Waals surface area contributed by atoms with E-state index in [0.717, 1.165) is 34.2 Å². The largest absolute Gasteiger partial charge is 0.454 e. The van der Waals surface area contributed by atoms with Crippen molar-refractivity contribution in [2.75, 3.05) is 13.6 Å². The molecular weight excluding hydrogens is 258 g/mol. The number of rotatable bonds is 2. The van der Waals surface area contributed by atoms with Gasteiger partial charge in [-0.2, -0.15) is 0 Å². The Morgan fingerprint density at radius 3 is 2.20 bits per heavy atom. The third-order valence-corrected chi connectivity index (χ3v) is 3.12. The minimum Gasteiger partial charge on any atom is -0.454 e. The highest BCUT2D eigenvalue weighted by molar-refractivity contribution is 5.83. The highest BCUT2D eigenvalue weighted by atomic mass is 16.7. The molecule has 0 saturated heterocycles. The van der Waals surface area contributed by atoms with Crippen LogP contribution in [0.4, 0.5) is 5.69 Å². The molecule has 0 unspecified atom stereocenters. The van der Waals surface area contributed by atoms with Crippen LogP contribution in [0, 0.1) is 0 Å². The van der Waals surface area contributed by atoms with E-state index >= 15 is 0 Å². The lowest BCUT2D eigenvalue weighted by atomic mass is 10.2. The molecule has 0 aliphatic carbocycles. The van der Waals surface area contributed by atoms with Gasteiger partial charge in [-0.1, -0.05) is 0 Å². The van der Waals surface area contributed by atoms with Gasteiger partial charge < -0.3 is 18.9 Å². The maximum absolute atomic E-state index is 5.33. The van der Waals surface area contributed by atoms with Crippen LogP contribution in [0.15, 0.2) is 41.4 Å². The maximum Gasteiger partial charge on any atom is 0.231 e. The van der Waals surface area contributed by atoms with E-state index in [1.807, 2.05) is 36.4 Å². The zero-order chi connectivity index (χ0) is 13.4. The zero-order valence-electron chi connectivity index (χ0n) is 10.5. The van der Waals surface area contributed by atoms with Gasteiger partial charge in [-0.05, 0) is 35.9 Å². The Morgan fingerprint density at radius 1 is 0.750 bits per heavy atom. The van der Waals surface area contributed by atoms with Crippen molar-refractivity contribution in [2.24, 2.45) is 4.99 Å². The fourth-order valence-corrected chi connectivity index (χ4v) is 2.11. The van der Waals surface area contributed by atoms with E-state index in [-0.39, 0.29) is 13.6 Å². The Bertz CT molecular complexity index is 637. The highest BCUT2D eigenvalue weighted by Gasteiger charge is 2.13. The number of aliphatic imine (C=N–C) groups is 1. The van der Waals surface area contributed by atoms with E-state index in [0.29, 0.717) is 0 Å². The summed E-state index contributed by atoms with van der Waals surface area (Å²) in [6.07, 6.45) is 1.78. The van der Waals surface area contributed by atoms with Crippen molar-refractivity contribution in [3.8, 4) is 23.0 Å². The molecule has 5 nitrogen and oxygen atoms in total. The first-order chi connectivity index (χ1) is 9.88. The van der Waals surface area contributed by atoms with Crippen LogP contribution in [0.25, 0.3) is 0 Å². The first-order valence-corrected chi connectivity index (χ1v) is 6.22. The smallest absolute Gasteiger partial charge is 0.231 e. The third kappa shape index (κ3) is 1.93. The second-order valence-electron chi connectivity index (χ2n) is 4.41. The Balaban J connectivity index is 1.59. The fourth-order valence-electron chi connectivity index (χ4n) is 2.11. The lowest BCUT2D eigenvalue weighted by Gasteiger charge is -1.99. The van der Waals surface area contributed by atoms with Crippen molar-refractivity contribution >= 4 is 11.9 Å². The molecule has 2 aliphatic rings. The molecule has 0 atom stereocenters. The van der Waals surface area contributed by atoms with Crippen molar-refractivity contribution in [1.29, 1.82) is 0 Å². The van der Waals surface area contributed by atoms with E-state index in [1.165, 1.54) is 0 Å². The maximum atomic E-state index is 5.33. The molecule has 0 saturated carbocycles. The number of ether oxygens (including phenoxy) is 4. The van der Waals surface area contributed by atoms with Gasteiger partial charge in [-0.15, -0.1) is 0 Å². The number of hydrogen-bond donors (Lipinski definition) is 0. The quantitative estimate of drug-likeness (QED) is 0.786. The predicted octanol–water partition coefficient (Wildman–Crippen LogP) is 2.89. The van der Waals surface area contributed by atoms with Crippen LogP contribution in [-0.4, -0.2) is 19.8 Å². The Morgan fingerprint density at radius 2 is 1.40 bits per heavy atom. The molecule has 2 aliphatic heterocycles. The van der Waals surface area contributed by atoms with Crippen molar-refractivity contribution < 1.29 is 18.9 Å². The van der Waals surface area contributed by atoms with Crippen LogP contribution in [-0.2, 0) is 0 Å². The monoisotopic (exact) mass is 269 g/mol. The highest BCUT2D eigenvalue weighted by Crippen LogP contribution is 2.35. The van der Waals surface area contributed by atoms with E-state index in [1.54, 1.807) is 6.21 Å². The third-order valence-electron chi connectivity index (χ3n) is 3.12. The van der Waals surface area contributed by atoms with Crippen LogP contribution in [0.5, 0.6) is 23.0 Å². The van der Waals surface area contributed by atoms with Gasteiger partial charge in [-0.25, -0.2) is 0 Å². The average Bonchev–Trinajstić information content (AvgIpc) is 3.12. The summed E-state index contributed by atoms with van der Waals surface area (Å²) in [6, 6.07) is 11.3. The Labute approximate surface area is 115 Å². The molecule has 0 fully saturated rings. The molecule has 0 radical (unpaired) electrons. The molecule has 100 valence electrons. The van der Waals surface area contributed by atoms with Crippen LogP contribution < -0.4 is 18.9 Å². The van der Waals surface area contributed by atoms with Gasteiger partial charge in [0.2, 0.25) is 13.6 Å². The predicted molar refractivity (Wildman–Crippen MR) is 72.4 cm³/mol. The average molecular weight is 269 g/mol. The summed E-state index contributed by atoms with van der Waals surface area (Å²) in [7, 11) is 0. The van der Waals surface area contributed by atoms with Gasteiger partial charge in [0.1, 0.15) is 0 Å². The summed E-state index contributed by atoms with van der Waals surface area (Å²) >= 11 is 0. The van der Waals surface area contributed by atoms with E-state index in [4.69, 9.17) is 18.9 Å². The summed E-state index contributed by atoms with van der Waals surface area (Å²) in [5, 5.41) is 0. The normalized spacial score (nSPS) is 15.0. The lowest BCUT2D eigenvalue weighted by molar-refractivity contribution is 0.173. The molecule has 4 rings (SSSR count). The van der Waals surface area contributed by atoms with Gasteiger partial charge in [-0.3, -0.25) is 4.99 Å². The van der Waals surface area contributed by atoms with Crippen LogP contribution in [0.3, 0.4) is 0 Å². The minimum atomic E-state index is 0.269. The molecule has 0 N–H and O–H groups in total. The topological polar surface area (TPSA) is 49.3 Å². The first-order valence-electron chi connectivity index (χ1n) is 6.22. The van der Waals surface area contributed by atoms with E-state index < -0.39 is 0 Å². The van der Waals surface area contributed by atoms with Gasteiger partial charge in [0.15, 0.2) is 23.0 Å². The summed E-state index contributed by atoms with van der Waals surface area (Å²) in [5.74, 6) is 3.00. The van der Waals surface area contributed by atoms with E-state index in [2.05, 4.69) is 4.99 Å². The first kappa shape index (κ1) is 11.2. The van der Waals surface area contributed by atoms with Gasteiger partial charge >= 0.3 is 0 Å². The molecule has 0 aromatic heterocycles. The lowest BCUT2D eigenvalue weighted by Crippen LogP contribution is -1.92. The molecule has 5 heteroatoms. The Kier molecular flexibility index (Phi) is 2.48. The van der Waals surface area contributed by atoms with Gasteiger partial charge in [0.25, 0.3) is 0 Å². The fraction of sp³-hybridized carbons (Fsp3) is 0.133. The number of fused-ring (bicyclic) bond motifs is 2. The summed E-state index contributed by atoms with van der Waals surface area (Å²) in [6.45, 7) is 0.544. The molecule has 0 amide bonds. The standard InChI is InChI=1S/C15H11NO4/c1-3-12-14(19-8-17-12)5-10(1)7-16-11-2-4-13-15(6-11)20-9-18-13/h1-7H,8-9H2. The van der Waals surface area contributed by atoms with Crippen molar-refractivity contribution in [3.05, 3.63) is 42.0 Å². The molecule has 2 heterocycles. The van der Waals surface area contributed by atoms with Crippen LogP contribution in [0.1, 0.15) is 5.56 Å². The van der Waals surface area contributed by atoms with Gasteiger partial charge in [0.05, 0.1) is 5.69 Å². The summed E-state index contributed by atoms with van der Waals surface area (Å²) in [5.41, 5.74) is 1.76. The molecule has 0 spiro atoms. The van der Waals surface area contributed by atoms with Gasteiger partial charge in [0, 0.05) is 12.3 Å². The minimum absolute atomic E-state index is 0.269. The zero-order valence-corrected chi connectivity index (χ0v) is 10.5. The number of hydrogen-bond acceptors (Lipinski definition) is 5. The van der Waals surface area contributed by atoms with Crippen LogP contribution >= 0.6 is 0 Å². The molecular formula is C15H11NO4. The SMILES string of the molecule is C(=Nc1ccc2c(c1)OCO2)c1ccc2c(c1)OCO2. The molecule has 2 aromatic rings. The Hall–Kier alpha value is -2.69. The second kappa shape index (κ2) is 4.45. The summed E-state index contributed by atoms with van der Waals surface area (Å²) < 4.78 is 21.2. The van der Waals surface area contributed by atoms with E-state index in [9.17, 15) is 0 Å². The van der Waals surface area contributed by atoms with Crippen molar-refractivity contribution in [3.63, 3.8) is 0 Å². The van der Waals surface area contributed by atoms with Crippen LogP contribution in [0.2, 0.25) is 0 Å². The second-order valence-corrected chi connectivity index (χ2v) is 4.41. The number of benzene rings is 2. The number of nitrogens with zero attached hydrogens (tertiary/aromatic N) is 1.